The summed E-state index contributed by atoms with van der Waals surface area (Å²) in [6.07, 6.45) is 0.691. The molecule has 4 radical (unpaired) electrons. The molecule has 3 heteroatoms. The summed E-state index contributed by atoms with van der Waals surface area (Å²) in [7, 11) is 0. The molecule has 0 aromatic heterocycles. The molecule has 1 rings (SSSR count). The molecule has 0 saturated carbocycles. The van der Waals surface area contributed by atoms with Crippen molar-refractivity contribution < 1.29 is 14.3 Å². The van der Waals surface area contributed by atoms with E-state index in [2.05, 4.69) is 0 Å². The highest BCUT2D eigenvalue weighted by molar-refractivity contribution is 5.50. The molecule has 1 saturated heterocycles. The van der Waals surface area contributed by atoms with E-state index in [1.165, 1.54) is 0 Å². The summed E-state index contributed by atoms with van der Waals surface area (Å²) in [6, 6.07) is 0. The molecule has 72 valence electrons. The lowest BCUT2D eigenvalue weighted by molar-refractivity contribution is -0.202. The first-order valence-electron chi connectivity index (χ1n) is 4.34. The fourth-order valence-electron chi connectivity index (χ4n) is 1.37. The molecule has 0 aliphatic carbocycles. The normalized spacial score (nSPS) is 37.0. The van der Waals surface area contributed by atoms with Gasteiger partial charge in [-0.25, -0.2) is 0 Å². The van der Waals surface area contributed by atoms with Gasteiger partial charge in [-0.15, -0.1) is 0 Å². The van der Waals surface area contributed by atoms with Crippen molar-refractivity contribution in [2.45, 2.75) is 25.6 Å². The van der Waals surface area contributed by atoms with Crippen LogP contribution in [0.3, 0.4) is 0 Å². The third kappa shape index (κ3) is 2.51. The van der Waals surface area contributed by atoms with Crippen LogP contribution in [0.25, 0.3) is 0 Å². The van der Waals surface area contributed by atoms with Crippen molar-refractivity contribution in [3.05, 3.63) is 13.8 Å². The molecule has 13 heavy (non-hydrogen) atoms. The van der Waals surface area contributed by atoms with Crippen LogP contribution in [0.15, 0.2) is 0 Å². The van der Waals surface area contributed by atoms with Gasteiger partial charge in [0.1, 0.15) is 13.1 Å². The van der Waals surface area contributed by atoms with E-state index in [4.69, 9.17) is 23.3 Å². The number of ether oxygens (including phenoxy) is 2. The van der Waals surface area contributed by atoms with Gasteiger partial charge in [-0.2, -0.15) is 0 Å². The Kier molecular flexibility index (Phi) is 3.88. The minimum absolute atomic E-state index is 0.0727. The largest absolute Gasteiger partial charge is 0.352 e. The average molecular weight is 182 g/mol. The highest BCUT2D eigenvalue weighted by Gasteiger charge is 2.32. The molecule has 4 atom stereocenters. The van der Waals surface area contributed by atoms with Crippen LogP contribution in [0.5, 0.6) is 0 Å². The quantitative estimate of drug-likeness (QED) is 0.611. The molecular weight excluding hydrogens is 168 g/mol. The molecule has 1 aliphatic rings. The Morgan fingerprint density at radius 2 is 2.31 bits per heavy atom. The smallest absolute Gasteiger partial charge is 0.147 e. The van der Waals surface area contributed by atoms with Gasteiger partial charge in [0.2, 0.25) is 0 Å². The highest BCUT2D eigenvalue weighted by atomic mass is 16.7. The average Bonchev–Trinajstić information content (AvgIpc) is 2.10. The standard InChI is InChI=1S/C10H14O3/c1-7(4-5-11)10-8(2)9(3)12-6-13-10/h1-2,5,7-10H,4,6H2,3H3. The van der Waals surface area contributed by atoms with E-state index in [9.17, 15) is 4.79 Å². The summed E-state index contributed by atoms with van der Waals surface area (Å²) in [5.74, 6) is -0.595. The van der Waals surface area contributed by atoms with Gasteiger partial charge >= 0.3 is 0 Å². The third-order valence-electron chi connectivity index (χ3n) is 2.30. The molecule has 0 N–H and O–H groups in total. The van der Waals surface area contributed by atoms with Crippen molar-refractivity contribution >= 4 is 6.29 Å². The first kappa shape index (κ1) is 10.7. The second-order valence-electron chi connectivity index (χ2n) is 3.26. The highest BCUT2D eigenvalue weighted by Crippen LogP contribution is 2.26. The molecule has 0 aromatic carbocycles. The van der Waals surface area contributed by atoms with E-state index < -0.39 is 0 Å². The predicted octanol–water partition coefficient (Wildman–Crippen LogP) is 0.991. The van der Waals surface area contributed by atoms with Crippen LogP contribution in [0.4, 0.5) is 0 Å². The molecule has 0 aromatic rings. The van der Waals surface area contributed by atoms with Crippen LogP contribution in [0.1, 0.15) is 13.3 Å². The fourth-order valence-corrected chi connectivity index (χ4v) is 1.37. The maximum absolute atomic E-state index is 10.2. The van der Waals surface area contributed by atoms with Gasteiger partial charge in [0.05, 0.1) is 12.2 Å². The summed E-state index contributed by atoms with van der Waals surface area (Å²) in [5.41, 5.74) is 0. The van der Waals surface area contributed by atoms with Gasteiger partial charge in [0.15, 0.2) is 0 Å². The van der Waals surface area contributed by atoms with Gasteiger partial charge < -0.3 is 14.3 Å². The van der Waals surface area contributed by atoms with E-state index in [0.29, 0.717) is 0 Å². The Hall–Kier alpha value is -0.410. The maximum Gasteiger partial charge on any atom is 0.147 e. The van der Waals surface area contributed by atoms with Gasteiger partial charge in [-0.1, -0.05) is 0 Å². The number of carbonyl (C=O) groups is 1. The first-order valence-corrected chi connectivity index (χ1v) is 4.34. The lowest BCUT2D eigenvalue weighted by Gasteiger charge is -2.36. The Morgan fingerprint density at radius 1 is 1.62 bits per heavy atom. The molecule has 0 amide bonds. The predicted molar refractivity (Wildman–Crippen MR) is 46.5 cm³/mol. The summed E-state index contributed by atoms with van der Waals surface area (Å²) in [4.78, 5) is 10.2. The van der Waals surface area contributed by atoms with Crippen LogP contribution >= 0.6 is 0 Å². The summed E-state index contributed by atoms with van der Waals surface area (Å²) < 4.78 is 10.4. The summed E-state index contributed by atoms with van der Waals surface area (Å²) in [5, 5.41) is 0. The number of rotatable bonds is 3. The monoisotopic (exact) mass is 182 g/mol. The Morgan fingerprint density at radius 3 is 2.92 bits per heavy atom. The van der Waals surface area contributed by atoms with Crippen LogP contribution in [-0.2, 0) is 14.3 Å². The third-order valence-corrected chi connectivity index (χ3v) is 2.30. The van der Waals surface area contributed by atoms with Gasteiger partial charge in [-0.3, -0.25) is 0 Å². The lowest BCUT2D eigenvalue weighted by Crippen LogP contribution is -2.42. The number of carbonyl (C=O) groups excluding carboxylic acids is 1. The molecule has 1 heterocycles. The van der Waals surface area contributed by atoms with Gasteiger partial charge in [0, 0.05) is 12.3 Å². The van der Waals surface area contributed by atoms with Crippen molar-refractivity contribution in [3.63, 3.8) is 0 Å². The topological polar surface area (TPSA) is 35.5 Å². The SMILES string of the molecule is [CH]C(CC=O)C1OCOC(C)C1[CH]. The van der Waals surface area contributed by atoms with E-state index in [0.717, 1.165) is 6.29 Å². The Labute approximate surface area is 79.4 Å². The zero-order valence-electron chi connectivity index (χ0n) is 7.68. The minimum atomic E-state index is -0.334. The van der Waals surface area contributed by atoms with E-state index >= 15 is 0 Å². The van der Waals surface area contributed by atoms with Crippen molar-refractivity contribution in [3.8, 4) is 0 Å². The van der Waals surface area contributed by atoms with Crippen molar-refractivity contribution in [2.75, 3.05) is 6.79 Å². The van der Waals surface area contributed by atoms with Crippen molar-refractivity contribution in [1.29, 1.82) is 0 Å². The zero-order valence-corrected chi connectivity index (χ0v) is 7.68. The van der Waals surface area contributed by atoms with Crippen LogP contribution < -0.4 is 0 Å². The van der Waals surface area contributed by atoms with Crippen molar-refractivity contribution in [2.24, 2.45) is 11.8 Å². The van der Waals surface area contributed by atoms with E-state index in [1.54, 1.807) is 0 Å². The molecule has 0 spiro atoms. The number of hydrogen-bond acceptors (Lipinski definition) is 3. The molecule has 4 unspecified atom stereocenters. The number of hydrogen-bond donors (Lipinski definition) is 0. The summed E-state index contributed by atoms with van der Waals surface area (Å²) in [6.45, 7) is 13.6. The minimum Gasteiger partial charge on any atom is -0.352 e. The van der Waals surface area contributed by atoms with Gasteiger partial charge in [-0.05, 0) is 26.7 Å². The van der Waals surface area contributed by atoms with Crippen LogP contribution in [0, 0.1) is 25.7 Å². The second-order valence-corrected chi connectivity index (χ2v) is 3.26. The van der Waals surface area contributed by atoms with Crippen molar-refractivity contribution in [1.82, 2.24) is 0 Å². The molecule has 3 nitrogen and oxygen atoms in total. The Balaban J connectivity index is 2.51. The Bertz CT molecular complexity index is 170. The number of aldehydes is 1. The maximum atomic E-state index is 10.2. The van der Waals surface area contributed by atoms with Crippen LogP contribution in [-0.4, -0.2) is 25.3 Å². The first-order chi connectivity index (χ1) is 6.16. The molecule has 1 aliphatic heterocycles. The van der Waals surface area contributed by atoms with Crippen LogP contribution in [0.2, 0.25) is 0 Å². The second kappa shape index (κ2) is 4.72. The van der Waals surface area contributed by atoms with E-state index in [-0.39, 0.29) is 37.3 Å². The lowest BCUT2D eigenvalue weighted by atomic mass is 9.87. The van der Waals surface area contributed by atoms with E-state index in [1.807, 2.05) is 6.92 Å². The van der Waals surface area contributed by atoms with Gasteiger partial charge in [0.25, 0.3) is 0 Å². The summed E-state index contributed by atoms with van der Waals surface area (Å²) >= 11 is 0. The fraction of sp³-hybridized carbons (Fsp3) is 0.700. The molecule has 1 fully saturated rings. The zero-order chi connectivity index (χ0) is 9.84. The molecular formula is C10H14O3. The molecule has 0 bridgehead atoms.